The highest BCUT2D eigenvalue weighted by atomic mass is 35.5. The first-order valence-electron chi connectivity index (χ1n) is 10.9. The highest BCUT2D eigenvalue weighted by Gasteiger charge is 2.40. The van der Waals surface area contributed by atoms with Crippen LogP contribution in [0.15, 0.2) is 58.6 Å². The molecule has 0 bridgehead atoms. The van der Waals surface area contributed by atoms with E-state index in [-0.39, 0.29) is 32.7 Å². The Labute approximate surface area is 214 Å². The van der Waals surface area contributed by atoms with Crippen molar-refractivity contribution in [3.05, 3.63) is 64.3 Å². The number of carbonyl (C=O) groups is 1. The number of nitrogens with zero attached hydrogens (tertiary/aromatic N) is 3. The third-order valence-corrected chi connectivity index (χ3v) is 8.20. The maximum Gasteiger partial charge on any atom is 0.253 e. The number of sulfone groups is 1. The van der Waals surface area contributed by atoms with Crippen LogP contribution in [0.2, 0.25) is 10.0 Å². The number of rotatable bonds is 6. The lowest BCUT2D eigenvalue weighted by molar-refractivity contribution is 0.0997. The van der Waals surface area contributed by atoms with Crippen molar-refractivity contribution < 1.29 is 13.2 Å². The number of anilines is 3. The number of aromatic nitrogens is 2. The van der Waals surface area contributed by atoms with Crippen molar-refractivity contribution in [2.75, 3.05) is 16.8 Å². The Morgan fingerprint density at radius 3 is 2.57 bits per heavy atom. The molecule has 0 saturated carbocycles. The van der Waals surface area contributed by atoms with Crippen LogP contribution in [-0.4, -0.2) is 36.4 Å². The van der Waals surface area contributed by atoms with Gasteiger partial charge in [0.2, 0.25) is 9.84 Å². The second kappa shape index (κ2) is 9.29. The third-order valence-electron chi connectivity index (χ3n) is 5.95. The van der Waals surface area contributed by atoms with Gasteiger partial charge in [0, 0.05) is 23.3 Å². The van der Waals surface area contributed by atoms with Gasteiger partial charge in [-0.05, 0) is 62.6 Å². The van der Waals surface area contributed by atoms with Gasteiger partial charge in [-0.25, -0.2) is 18.4 Å². The molecule has 1 unspecified atom stereocenters. The molecule has 1 fully saturated rings. The van der Waals surface area contributed by atoms with Gasteiger partial charge in [0.1, 0.15) is 17.2 Å². The molecule has 8 nitrogen and oxygen atoms in total. The number of amides is 1. The van der Waals surface area contributed by atoms with E-state index in [1.807, 2.05) is 18.7 Å². The number of nitrogens with one attached hydrogen (secondary N) is 1. The summed E-state index contributed by atoms with van der Waals surface area (Å²) < 4.78 is 27.4. The molecule has 2 aromatic heterocycles. The lowest BCUT2D eigenvalue weighted by atomic mass is 9.97. The van der Waals surface area contributed by atoms with Gasteiger partial charge in [-0.1, -0.05) is 36.2 Å². The van der Waals surface area contributed by atoms with E-state index in [0.29, 0.717) is 28.2 Å². The van der Waals surface area contributed by atoms with Crippen LogP contribution in [-0.2, 0) is 9.84 Å². The topological polar surface area (TPSA) is 118 Å². The standard InChI is InChI=1S/C24H25Cl2N5O3S/c1-14-12-24(2,3)31(13-14)23-21(22(27)32)18(9-10-28-23)35(33,34)20-6-4-5-19(30-20)29-17-8-7-15(25)11-16(17)26/h4-11,14H,12-13H2,1-3H3,(H2,27,32)(H,29,30). The Hall–Kier alpha value is -2.88. The Kier molecular flexibility index (Phi) is 6.70. The van der Waals surface area contributed by atoms with Crippen molar-refractivity contribution in [2.45, 2.75) is 42.7 Å². The van der Waals surface area contributed by atoms with E-state index in [1.165, 1.54) is 18.3 Å². The van der Waals surface area contributed by atoms with E-state index in [0.717, 1.165) is 6.42 Å². The molecule has 4 rings (SSSR count). The van der Waals surface area contributed by atoms with Crippen LogP contribution in [0.25, 0.3) is 0 Å². The van der Waals surface area contributed by atoms with Crippen molar-refractivity contribution >= 4 is 56.3 Å². The van der Waals surface area contributed by atoms with E-state index < -0.39 is 15.7 Å². The SMILES string of the molecule is CC1CN(c2nccc(S(=O)(=O)c3cccc(Nc4ccc(Cl)cc4Cl)n3)c2C(N)=O)C(C)(C)C1. The molecule has 3 aromatic rings. The summed E-state index contributed by atoms with van der Waals surface area (Å²) in [5.74, 6) is -0.0176. The summed E-state index contributed by atoms with van der Waals surface area (Å²) in [6.07, 6.45) is 2.25. The molecule has 0 spiro atoms. The highest BCUT2D eigenvalue weighted by Crippen LogP contribution is 2.39. The van der Waals surface area contributed by atoms with Crippen molar-refractivity contribution in [2.24, 2.45) is 11.7 Å². The predicted octanol–water partition coefficient (Wildman–Crippen LogP) is 5.08. The average molecular weight is 534 g/mol. The largest absolute Gasteiger partial charge is 0.365 e. The molecule has 1 saturated heterocycles. The van der Waals surface area contributed by atoms with Gasteiger partial charge in [-0.3, -0.25) is 4.79 Å². The van der Waals surface area contributed by atoms with Gasteiger partial charge in [-0.15, -0.1) is 0 Å². The Morgan fingerprint density at radius 2 is 1.94 bits per heavy atom. The quantitative estimate of drug-likeness (QED) is 0.453. The molecule has 3 heterocycles. The number of pyridine rings is 2. The first-order chi connectivity index (χ1) is 16.4. The van der Waals surface area contributed by atoms with E-state index in [4.69, 9.17) is 28.9 Å². The summed E-state index contributed by atoms with van der Waals surface area (Å²) in [5.41, 5.74) is 5.76. The second-order valence-corrected chi connectivity index (χ2v) is 11.9. The zero-order valence-corrected chi connectivity index (χ0v) is 21.7. The van der Waals surface area contributed by atoms with Gasteiger partial charge in [0.05, 0.1) is 15.6 Å². The minimum atomic E-state index is -4.22. The Morgan fingerprint density at radius 1 is 1.20 bits per heavy atom. The molecule has 1 aliphatic heterocycles. The molecule has 11 heteroatoms. The van der Waals surface area contributed by atoms with Crippen molar-refractivity contribution in [3.8, 4) is 0 Å². The molecule has 0 aliphatic carbocycles. The normalized spacial score (nSPS) is 17.4. The van der Waals surface area contributed by atoms with Crippen LogP contribution < -0.4 is 16.0 Å². The van der Waals surface area contributed by atoms with E-state index >= 15 is 0 Å². The second-order valence-electron chi connectivity index (χ2n) is 9.22. The maximum atomic E-state index is 13.7. The Bertz CT molecular complexity index is 1410. The van der Waals surface area contributed by atoms with E-state index in [2.05, 4.69) is 22.2 Å². The fourth-order valence-electron chi connectivity index (χ4n) is 4.53. The lowest BCUT2D eigenvalue weighted by Gasteiger charge is -2.33. The van der Waals surface area contributed by atoms with Gasteiger partial charge >= 0.3 is 0 Å². The molecule has 1 aliphatic rings. The number of halogens is 2. The first kappa shape index (κ1) is 25.2. The van der Waals surface area contributed by atoms with Crippen LogP contribution in [0.3, 0.4) is 0 Å². The summed E-state index contributed by atoms with van der Waals surface area (Å²) in [5, 5.41) is 3.56. The number of carbonyl (C=O) groups excluding carboxylic acids is 1. The number of hydrogen-bond donors (Lipinski definition) is 2. The van der Waals surface area contributed by atoms with Gasteiger partial charge in [0.15, 0.2) is 5.03 Å². The van der Waals surface area contributed by atoms with Gasteiger partial charge in [0.25, 0.3) is 5.91 Å². The maximum absolute atomic E-state index is 13.7. The highest BCUT2D eigenvalue weighted by molar-refractivity contribution is 7.91. The molecule has 1 amide bonds. The summed E-state index contributed by atoms with van der Waals surface area (Å²) in [6.45, 7) is 6.79. The van der Waals surface area contributed by atoms with E-state index in [9.17, 15) is 13.2 Å². The number of benzene rings is 1. The van der Waals surface area contributed by atoms with Crippen LogP contribution in [0.5, 0.6) is 0 Å². The predicted molar refractivity (Wildman–Crippen MR) is 137 cm³/mol. The average Bonchev–Trinajstić information content (AvgIpc) is 3.07. The number of primary amides is 1. The summed E-state index contributed by atoms with van der Waals surface area (Å²) in [7, 11) is -4.22. The Balaban J connectivity index is 1.78. The molecule has 0 radical (unpaired) electrons. The molecule has 35 heavy (non-hydrogen) atoms. The first-order valence-corrected chi connectivity index (χ1v) is 13.1. The molecule has 3 N–H and O–H groups in total. The minimum absolute atomic E-state index is 0.143. The lowest BCUT2D eigenvalue weighted by Crippen LogP contribution is -2.40. The summed E-state index contributed by atoms with van der Waals surface area (Å²) in [6, 6.07) is 10.7. The van der Waals surface area contributed by atoms with Gasteiger partial charge in [-0.2, -0.15) is 0 Å². The smallest absolute Gasteiger partial charge is 0.253 e. The molecule has 184 valence electrons. The molecular weight excluding hydrogens is 509 g/mol. The van der Waals surface area contributed by atoms with Crippen molar-refractivity contribution in [1.29, 1.82) is 0 Å². The summed E-state index contributed by atoms with van der Waals surface area (Å²) in [4.78, 5) is 22.9. The minimum Gasteiger partial charge on any atom is -0.365 e. The molecule has 1 aromatic carbocycles. The number of hydrogen-bond acceptors (Lipinski definition) is 7. The fourth-order valence-corrected chi connectivity index (χ4v) is 6.39. The van der Waals surface area contributed by atoms with Crippen molar-refractivity contribution in [3.63, 3.8) is 0 Å². The monoisotopic (exact) mass is 533 g/mol. The zero-order chi connectivity index (χ0) is 25.5. The number of nitrogens with two attached hydrogens (primary N) is 1. The van der Waals surface area contributed by atoms with Crippen LogP contribution >= 0.6 is 23.2 Å². The van der Waals surface area contributed by atoms with Crippen LogP contribution in [0.4, 0.5) is 17.3 Å². The van der Waals surface area contributed by atoms with Crippen LogP contribution in [0, 0.1) is 5.92 Å². The van der Waals surface area contributed by atoms with E-state index in [1.54, 1.807) is 30.3 Å². The fraction of sp³-hybridized carbons (Fsp3) is 0.292. The molecular formula is C24H25Cl2N5O3S. The van der Waals surface area contributed by atoms with Gasteiger partial charge < -0.3 is 16.0 Å². The molecule has 1 atom stereocenters. The van der Waals surface area contributed by atoms with Crippen LogP contribution in [0.1, 0.15) is 37.6 Å². The summed E-state index contributed by atoms with van der Waals surface area (Å²) >= 11 is 12.2. The van der Waals surface area contributed by atoms with Crippen molar-refractivity contribution in [1.82, 2.24) is 9.97 Å². The zero-order valence-electron chi connectivity index (χ0n) is 19.4. The third kappa shape index (κ3) is 4.94.